The van der Waals surface area contributed by atoms with Gasteiger partial charge in [-0.05, 0) is 66.7 Å². The fourth-order valence-electron chi connectivity index (χ4n) is 4.55. The highest BCUT2D eigenvalue weighted by atomic mass is 35.5. The van der Waals surface area contributed by atoms with Crippen LogP contribution in [0.25, 0.3) is 0 Å². The van der Waals surface area contributed by atoms with Gasteiger partial charge in [-0.2, -0.15) is 9.97 Å². The molecule has 34 heavy (non-hydrogen) atoms. The number of anilines is 3. The molecule has 176 valence electrons. The summed E-state index contributed by atoms with van der Waals surface area (Å²) in [5.74, 6) is 2.44. The van der Waals surface area contributed by atoms with Crippen LogP contribution in [0.5, 0.6) is 0 Å². The second-order valence-corrected chi connectivity index (χ2v) is 9.67. The summed E-state index contributed by atoms with van der Waals surface area (Å²) in [6.07, 6.45) is 4.69. The van der Waals surface area contributed by atoms with Crippen LogP contribution in [0, 0.1) is 0 Å². The van der Waals surface area contributed by atoms with Crippen LogP contribution >= 0.6 is 23.8 Å². The number of rotatable bonds is 5. The van der Waals surface area contributed by atoms with Crippen LogP contribution < -0.4 is 20.4 Å². The number of nitrogens with zero attached hydrogens (tertiary/aromatic N) is 4. The van der Waals surface area contributed by atoms with Crippen LogP contribution in [0.1, 0.15) is 36.0 Å². The van der Waals surface area contributed by atoms with Gasteiger partial charge in [0.2, 0.25) is 5.95 Å². The lowest BCUT2D eigenvalue weighted by Crippen LogP contribution is -2.34. The Morgan fingerprint density at radius 3 is 2.35 bits per heavy atom. The summed E-state index contributed by atoms with van der Waals surface area (Å²) in [6.45, 7) is 4.44. The zero-order valence-corrected chi connectivity index (χ0v) is 20.7. The van der Waals surface area contributed by atoms with Crippen molar-refractivity contribution in [3.63, 3.8) is 0 Å². The fraction of sp³-hybridized carbons (Fsp3) is 0.346. The van der Waals surface area contributed by atoms with Crippen LogP contribution in [-0.2, 0) is 19.5 Å². The van der Waals surface area contributed by atoms with E-state index in [1.807, 2.05) is 24.3 Å². The molecular weight excluding hydrogens is 464 g/mol. The highest BCUT2D eigenvalue weighted by Crippen LogP contribution is 2.28. The third-order valence-electron chi connectivity index (χ3n) is 6.43. The van der Waals surface area contributed by atoms with Crippen molar-refractivity contribution in [2.24, 2.45) is 0 Å². The third-order valence-corrected chi connectivity index (χ3v) is 6.92. The standard InChI is InChI=1S/C26H29ClN6S/c27-22-10-8-19(9-11-22)17-28-26(34)31-25-29-23(32-13-4-1-5-14-32)16-24(30-25)33-15-12-20-6-2-3-7-21(20)18-33/h2-3,6-11,16H,1,4-5,12-15,17-18H2,(H2,28,29,30,31,34). The number of aromatic nitrogens is 2. The van der Waals surface area contributed by atoms with E-state index in [0.717, 1.165) is 54.8 Å². The van der Waals surface area contributed by atoms with Gasteiger partial charge in [0.25, 0.3) is 0 Å². The van der Waals surface area contributed by atoms with Crippen molar-refractivity contribution in [2.75, 3.05) is 34.8 Å². The summed E-state index contributed by atoms with van der Waals surface area (Å²) in [6, 6.07) is 18.5. The largest absolute Gasteiger partial charge is 0.358 e. The number of nitrogens with one attached hydrogen (secondary N) is 2. The van der Waals surface area contributed by atoms with E-state index in [2.05, 4.69) is 50.8 Å². The molecule has 2 aliphatic rings. The molecule has 0 saturated carbocycles. The monoisotopic (exact) mass is 492 g/mol. The maximum Gasteiger partial charge on any atom is 0.232 e. The zero-order chi connectivity index (χ0) is 23.3. The van der Waals surface area contributed by atoms with Gasteiger partial charge >= 0.3 is 0 Å². The van der Waals surface area contributed by atoms with E-state index in [0.29, 0.717) is 17.6 Å². The Labute approximate surface area is 211 Å². The number of hydrogen-bond donors (Lipinski definition) is 2. The average molecular weight is 493 g/mol. The fourth-order valence-corrected chi connectivity index (χ4v) is 4.84. The van der Waals surface area contributed by atoms with Crippen LogP contribution in [0.2, 0.25) is 5.02 Å². The Kier molecular flexibility index (Phi) is 7.11. The van der Waals surface area contributed by atoms with Gasteiger partial charge in [-0.15, -0.1) is 0 Å². The van der Waals surface area contributed by atoms with E-state index in [9.17, 15) is 0 Å². The highest BCUT2D eigenvalue weighted by molar-refractivity contribution is 7.80. The quantitative estimate of drug-likeness (QED) is 0.476. The van der Waals surface area contributed by atoms with E-state index in [-0.39, 0.29) is 0 Å². The second kappa shape index (κ2) is 10.6. The van der Waals surface area contributed by atoms with E-state index < -0.39 is 0 Å². The molecule has 0 atom stereocenters. The first kappa shape index (κ1) is 22.9. The zero-order valence-electron chi connectivity index (χ0n) is 19.1. The molecule has 0 radical (unpaired) electrons. The van der Waals surface area contributed by atoms with Crippen LogP contribution in [0.15, 0.2) is 54.6 Å². The molecule has 2 aliphatic heterocycles. The lowest BCUT2D eigenvalue weighted by atomic mass is 10.00. The molecule has 6 nitrogen and oxygen atoms in total. The Morgan fingerprint density at radius 1 is 0.882 bits per heavy atom. The molecule has 2 aromatic carbocycles. The molecule has 3 aromatic rings. The molecule has 0 spiro atoms. The van der Waals surface area contributed by atoms with Crippen molar-refractivity contribution in [3.05, 3.63) is 76.3 Å². The molecule has 0 aliphatic carbocycles. The van der Waals surface area contributed by atoms with Gasteiger partial charge in [-0.25, -0.2) is 0 Å². The maximum absolute atomic E-state index is 5.98. The van der Waals surface area contributed by atoms with Gasteiger partial charge in [-0.3, -0.25) is 0 Å². The van der Waals surface area contributed by atoms with E-state index in [1.54, 1.807) is 0 Å². The Hall–Kier alpha value is -2.90. The van der Waals surface area contributed by atoms with Crippen molar-refractivity contribution >= 4 is 46.5 Å². The lowest BCUT2D eigenvalue weighted by molar-refractivity contribution is 0.573. The molecule has 0 amide bonds. The number of halogens is 1. The molecule has 0 unspecified atom stereocenters. The average Bonchev–Trinajstić information content (AvgIpc) is 2.88. The van der Waals surface area contributed by atoms with Crippen LogP contribution in [-0.4, -0.2) is 34.7 Å². The SMILES string of the molecule is S=C(NCc1ccc(Cl)cc1)Nc1nc(N2CCCCC2)cc(N2CCc3ccccc3C2)n1. The van der Waals surface area contributed by atoms with E-state index >= 15 is 0 Å². The van der Waals surface area contributed by atoms with Crippen LogP contribution in [0.4, 0.5) is 17.6 Å². The molecule has 1 aromatic heterocycles. The minimum Gasteiger partial charge on any atom is -0.358 e. The number of hydrogen-bond acceptors (Lipinski definition) is 5. The molecule has 5 rings (SSSR count). The Bertz CT molecular complexity index is 1150. The minimum absolute atomic E-state index is 0.501. The highest BCUT2D eigenvalue weighted by Gasteiger charge is 2.21. The van der Waals surface area contributed by atoms with E-state index in [1.165, 1.54) is 30.4 Å². The second-order valence-electron chi connectivity index (χ2n) is 8.83. The van der Waals surface area contributed by atoms with Gasteiger partial charge in [-0.1, -0.05) is 48.0 Å². The van der Waals surface area contributed by atoms with Gasteiger partial charge in [0.15, 0.2) is 5.11 Å². The molecule has 8 heteroatoms. The number of piperidine rings is 1. The predicted molar refractivity (Wildman–Crippen MR) is 144 cm³/mol. The normalized spacial score (nSPS) is 15.6. The molecular formula is C26H29ClN6S. The number of thiocarbonyl (C=S) groups is 1. The van der Waals surface area contributed by atoms with E-state index in [4.69, 9.17) is 33.8 Å². The number of benzene rings is 2. The molecule has 3 heterocycles. The predicted octanol–water partition coefficient (Wildman–Crippen LogP) is 5.17. The van der Waals surface area contributed by atoms with Gasteiger partial charge < -0.3 is 20.4 Å². The summed E-state index contributed by atoms with van der Waals surface area (Å²) in [5, 5.41) is 7.69. The molecule has 1 fully saturated rings. The molecule has 1 saturated heterocycles. The third kappa shape index (κ3) is 5.59. The van der Waals surface area contributed by atoms with Gasteiger partial charge in [0.05, 0.1) is 0 Å². The summed E-state index contributed by atoms with van der Waals surface area (Å²) in [7, 11) is 0. The van der Waals surface area contributed by atoms with Crippen molar-refractivity contribution in [1.29, 1.82) is 0 Å². The summed E-state index contributed by atoms with van der Waals surface area (Å²) < 4.78 is 0. The van der Waals surface area contributed by atoms with Crippen molar-refractivity contribution in [2.45, 2.75) is 38.8 Å². The first-order chi connectivity index (χ1) is 16.6. The summed E-state index contributed by atoms with van der Waals surface area (Å²) in [5.41, 5.74) is 3.89. The van der Waals surface area contributed by atoms with Crippen LogP contribution in [0.3, 0.4) is 0 Å². The summed E-state index contributed by atoms with van der Waals surface area (Å²) >= 11 is 11.5. The van der Waals surface area contributed by atoms with Crippen molar-refractivity contribution < 1.29 is 0 Å². The topological polar surface area (TPSA) is 56.3 Å². The molecule has 0 bridgehead atoms. The van der Waals surface area contributed by atoms with Crippen molar-refractivity contribution in [1.82, 2.24) is 15.3 Å². The van der Waals surface area contributed by atoms with Crippen molar-refractivity contribution in [3.8, 4) is 0 Å². The molecule has 2 N–H and O–H groups in total. The number of fused-ring (bicyclic) bond motifs is 1. The Balaban J connectivity index is 1.34. The lowest BCUT2D eigenvalue weighted by Gasteiger charge is -2.32. The summed E-state index contributed by atoms with van der Waals surface area (Å²) in [4.78, 5) is 14.4. The first-order valence-electron chi connectivity index (χ1n) is 11.9. The first-order valence-corrected chi connectivity index (χ1v) is 12.7. The minimum atomic E-state index is 0.501. The maximum atomic E-state index is 5.98. The Morgan fingerprint density at radius 2 is 1.59 bits per heavy atom. The van der Waals surface area contributed by atoms with Gasteiger partial charge in [0.1, 0.15) is 11.6 Å². The van der Waals surface area contributed by atoms with Gasteiger partial charge in [0, 0.05) is 43.8 Å². The smallest absolute Gasteiger partial charge is 0.232 e.